The number of carboxylic acids is 1. The molecule has 1 heterocycles. The van der Waals surface area contributed by atoms with Gasteiger partial charge < -0.3 is 5.11 Å². The molecule has 0 aliphatic heterocycles. The fourth-order valence-electron chi connectivity index (χ4n) is 2.28. The molecule has 0 aliphatic rings. The van der Waals surface area contributed by atoms with Gasteiger partial charge in [-0.1, -0.05) is 17.7 Å². The van der Waals surface area contributed by atoms with Crippen LogP contribution in [0.5, 0.6) is 0 Å². The van der Waals surface area contributed by atoms with Gasteiger partial charge in [0.15, 0.2) is 0 Å². The van der Waals surface area contributed by atoms with E-state index in [1.807, 2.05) is 0 Å². The Morgan fingerprint density at radius 1 is 1.04 bits per heavy atom. The SMILES string of the molecule is O=C(O)c1cc(-c2ccc(Cl)c(F)c2)nn(-c2cc(F)cc(F)c2)c1=O. The van der Waals surface area contributed by atoms with Gasteiger partial charge in [-0.05, 0) is 30.3 Å². The molecule has 0 radical (unpaired) electrons. The quantitative estimate of drug-likeness (QED) is 0.752. The first-order valence-corrected chi connectivity index (χ1v) is 7.43. The average molecular weight is 381 g/mol. The fraction of sp³-hybridized carbons (Fsp3) is 0. The normalized spacial score (nSPS) is 10.8. The lowest BCUT2D eigenvalue weighted by Gasteiger charge is -2.10. The van der Waals surface area contributed by atoms with E-state index in [0.29, 0.717) is 10.7 Å². The van der Waals surface area contributed by atoms with Crippen molar-refractivity contribution < 1.29 is 23.1 Å². The Kier molecular flexibility index (Phi) is 4.52. The highest BCUT2D eigenvalue weighted by atomic mass is 35.5. The van der Waals surface area contributed by atoms with Gasteiger partial charge in [0, 0.05) is 11.6 Å². The molecular formula is C17H8ClF3N2O3. The van der Waals surface area contributed by atoms with E-state index in [-0.39, 0.29) is 22.0 Å². The number of nitrogens with zero attached hydrogens (tertiary/aromatic N) is 2. The van der Waals surface area contributed by atoms with E-state index < -0.39 is 34.5 Å². The van der Waals surface area contributed by atoms with Gasteiger partial charge in [-0.25, -0.2) is 18.0 Å². The highest BCUT2D eigenvalue weighted by molar-refractivity contribution is 6.30. The molecule has 1 N–H and O–H groups in total. The maximum Gasteiger partial charge on any atom is 0.341 e. The summed E-state index contributed by atoms with van der Waals surface area (Å²) in [6.07, 6.45) is 0. The first kappa shape index (κ1) is 17.7. The Morgan fingerprint density at radius 2 is 1.69 bits per heavy atom. The highest BCUT2D eigenvalue weighted by Crippen LogP contribution is 2.23. The molecule has 3 rings (SSSR count). The molecule has 5 nitrogen and oxygen atoms in total. The molecule has 0 amide bonds. The lowest BCUT2D eigenvalue weighted by atomic mass is 10.1. The summed E-state index contributed by atoms with van der Waals surface area (Å²) < 4.78 is 41.2. The summed E-state index contributed by atoms with van der Waals surface area (Å²) in [5, 5.41) is 13.0. The maximum atomic E-state index is 13.7. The van der Waals surface area contributed by atoms with Gasteiger partial charge in [-0.15, -0.1) is 0 Å². The molecule has 0 spiro atoms. The van der Waals surface area contributed by atoms with Crippen LogP contribution in [0.3, 0.4) is 0 Å². The lowest BCUT2D eigenvalue weighted by Crippen LogP contribution is -2.28. The van der Waals surface area contributed by atoms with Crippen LogP contribution in [0.15, 0.2) is 47.3 Å². The summed E-state index contributed by atoms with van der Waals surface area (Å²) in [6.45, 7) is 0. The number of hydrogen-bond acceptors (Lipinski definition) is 3. The summed E-state index contributed by atoms with van der Waals surface area (Å²) in [5.41, 5.74) is -2.08. The minimum atomic E-state index is -1.57. The van der Waals surface area contributed by atoms with E-state index in [2.05, 4.69) is 5.10 Å². The second-order valence-electron chi connectivity index (χ2n) is 5.22. The van der Waals surface area contributed by atoms with Crippen molar-refractivity contribution in [3.8, 4) is 16.9 Å². The van der Waals surface area contributed by atoms with E-state index in [1.54, 1.807) is 0 Å². The van der Waals surface area contributed by atoms with Crippen molar-refractivity contribution in [1.82, 2.24) is 9.78 Å². The summed E-state index contributed by atoms with van der Waals surface area (Å²) in [5.74, 6) is -4.31. The van der Waals surface area contributed by atoms with Gasteiger partial charge in [0.05, 0.1) is 16.4 Å². The van der Waals surface area contributed by atoms with Crippen molar-refractivity contribution in [2.75, 3.05) is 0 Å². The lowest BCUT2D eigenvalue weighted by molar-refractivity contribution is 0.0694. The monoisotopic (exact) mass is 380 g/mol. The minimum absolute atomic E-state index is 0.0952. The Balaban J connectivity index is 2.30. The van der Waals surface area contributed by atoms with Crippen LogP contribution in [0.1, 0.15) is 10.4 Å². The summed E-state index contributed by atoms with van der Waals surface area (Å²) >= 11 is 5.61. The molecule has 132 valence electrons. The molecule has 1 aromatic heterocycles. The minimum Gasteiger partial charge on any atom is -0.477 e. The zero-order valence-electron chi connectivity index (χ0n) is 12.7. The van der Waals surface area contributed by atoms with Gasteiger partial charge in [-0.3, -0.25) is 4.79 Å². The summed E-state index contributed by atoms with van der Waals surface area (Å²) in [6, 6.07) is 6.75. The molecule has 0 saturated heterocycles. The predicted molar refractivity (Wildman–Crippen MR) is 87.1 cm³/mol. The van der Waals surface area contributed by atoms with Crippen molar-refractivity contribution >= 4 is 17.6 Å². The van der Waals surface area contributed by atoms with E-state index in [1.165, 1.54) is 12.1 Å². The second-order valence-corrected chi connectivity index (χ2v) is 5.63. The van der Waals surface area contributed by atoms with E-state index in [9.17, 15) is 27.9 Å². The Hall–Kier alpha value is -3.13. The van der Waals surface area contributed by atoms with Gasteiger partial charge >= 0.3 is 5.97 Å². The van der Waals surface area contributed by atoms with Crippen LogP contribution in [0, 0.1) is 17.5 Å². The number of benzene rings is 2. The van der Waals surface area contributed by atoms with E-state index in [0.717, 1.165) is 24.3 Å². The molecule has 0 fully saturated rings. The largest absolute Gasteiger partial charge is 0.477 e. The Labute approximate surface area is 148 Å². The predicted octanol–water partition coefficient (Wildman–Crippen LogP) is 3.67. The third kappa shape index (κ3) is 3.31. The number of carboxylic acid groups (broad SMARTS) is 1. The number of hydrogen-bond donors (Lipinski definition) is 1. The van der Waals surface area contributed by atoms with Gasteiger partial charge in [0.2, 0.25) is 0 Å². The standard InChI is InChI=1S/C17H8ClF3N2O3/c18-13-2-1-8(3-14(13)21)15-7-12(17(25)26)16(24)23(22-15)11-5-9(19)4-10(20)6-11/h1-7H,(H,25,26). The molecule has 0 aliphatic carbocycles. The number of halogens is 4. The number of aromatic carboxylic acids is 1. The molecule has 0 unspecified atom stereocenters. The molecule has 9 heteroatoms. The zero-order chi connectivity index (χ0) is 19.0. The zero-order valence-corrected chi connectivity index (χ0v) is 13.5. The summed E-state index contributed by atoms with van der Waals surface area (Å²) in [7, 11) is 0. The van der Waals surface area contributed by atoms with Gasteiger partial charge in [0.1, 0.15) is 23.0 Å². The second kappa shape index (κ2) is 6.64. The third-order valence-electron chi connectivity index (χ3n) is 3.45. The van der Waals surface area contributed by atoms with Crippen LogP contribution in [0.25, 0.3) is 16.9 Å². The van der Waals surface area contributed by atoms with Crippen LogP contribution in [-0.2, 0) is 0 Å². The third-order valence-corrected chi connectivity index (χ3v) is 3.76. The van der Waals surface area contributed by atoms with E-state index >= 15 is 0 Å². The molecule has 2 aromatic carbocycles. The summed E-state index contributed by atoms with van der Waals surface area (Å²) in [4.78, 5) is 23.7. The average Bonchev–Trinajstić information content (AvgIpc) is 2.56. The van der Waals surface area contributed by atoms with Crippen LogP contribution in [0.4, 0.5) is 13.2 Å². The molecule has 0 atom stereocenters. The van der Waals surface area contributed by atoms with Gasteiger partial charge in [-0.2, -0.15) is 9.78 Å². The van der Waals surface area contributed by atoms with Crippen molar-refractivity contribution in [3.05, 3.63) is 80.9 Å². The van der Waals surface area contributed by atoms with Crippen LogP contribution in [0.2, 0.25) is 5.02 Å². The van der Waals surface area contributed by atoms with Crippen molar-refractivity contribution in [2.24, 2.45) is 0 Å². The first-order chi connectivity index (χ1) is 12.3. The topological polar surface area (TPSA) is 72.2 Å². The van der Waals surface area contributed by atoms with E-state index in [4.69, 9.17) is 11.6 Å². The van der Waals surface area contributed by atoms with Crippen LogP contribution < -0.4 is 5.56 Å². The van der Waals surface area contributed by atoms with Crippen LogP contribution in [-0.4, -0.2) is 20.9 Å². The maximum absolute atomic E-state index is 13.7. The Morgan fingerprint density at radius 3 is 2.27 bits per heavy atom. The number of rotatable bonds is 3. The molecule has 26 heavy (non-hydrogen) atoms. The fourth-order valence-corrected chi connectivity index (χ4v) is 2.40. The number of aromatic nitrogens is 2. The first-order valence-electron chi connectivity index (χ1n) is 7.06. The molecular weight excluding hydrogens is 373 g/mol. The van der Waals surface area contributed by atoms with Crippen molar-refractivity contribution in [2.45, 2.75) is 0 Å². The van der Waals surface area contributed by atoms with Crippen LogP contribution >= 0.6 is 11.6 Å². The van der Waals surface area contributed by atoms with Crippen molar-refractivity contribution in [3.63, 3.8) is 0 Å². The Bertz CT molecular complexity index is 1080. The highest BCUT2D eigenvalue weighted by Gasteiger charge is 2.18. The number of carbonyl (C=O) groups is 1. The smallest absolute Gasteiger partial charge is 0.341 e. The van der Waals surface area contributed by atoms with Crippen molar-refractivity contribution in [1.29, 1.82) is 0 Å². The molecule has 0 saturated carbocycles. The van der Waals surface area contributed by atoms with Gasteiger partial charge in [0.25, 0.3) is 5.56 Å². The molecule has 3 aromatic rings. The molecule has 0 bridgehead atoms.